The molecular formula is C8H7BrINO. The Morgan fingerprint density at radius 2 is 2.17 bits per heavy atom. The van der Waals surface area contributed by atoms with Gasteiger partial charge in [0.2, 0.25) is 5.91 Å². The van der Waals surface area contributed by atoms with E-state index in [2.05, 4.69) is 38.5 Å². The summed E-state index contributed by atoms with van der Waals surface area (Å²) >= 11 is 5.48. The fraction of sp³-hybridized carbons (Fsp3) is 0.125. The molecule has 0 saturated carbocycles. The fourth-order valence-electron chi connectivity index (χ4n) is 1.01. The maximum atomic E-state index is 10.9. The lowest BCUT2D eigenvalue weighted by Gasteiger charge is -2.04. The largest absolute Gasteiger partial charge is 0.366 e. The van der Waals surface area contributed by atoms with Gasteiger partial charge in [-0.05, 0) is 63.1 Å². The second kappa shape index (κ2) is 3.74. The van der Waals surface area contributed by atoms with E-state index >= 15 is 0 Å². The molecule has 0 bridgehead atoms. The van der Waals surface area contributed by atoms with Crippen molar-refractivity contribution in [2.24, 2.45) is 5.73 Å². The molecule has 0 atom stereocenters. The summed E-state index contributed by atoms with van der Waals surface area (Å²) in [4.78, 5) is 10.9. The highest BCUT2D eigenvalue weighted by molar-refractivity contribution is 14.1. The van der Waals surface area contributed by atoms with Crippen molar-refractivity contribution in [3.05, 3.63) is 31.3 Å². The van der Waals surface area contributed by atoms with Crippen molar-refractivity contribution in [2.45, 2.75) is 6.92 Å². The molecule has 0 heterocycles. The molecule has 2 nitrogen and oxygen atoms in total. The van der Waals surface area contributed by atoms with Crippen LogP contribution in [-0.2, 0) is 0 Å². The van der Waals surface area contributed by atoms with Crippen LogP contribution in [-0.4, -0.2) is 5.91 Å². The highest BCUT2D eigenvalue weighted by atomic mass is 127. The second-order valence-corrected chi connectivity index (χ2v) is 4.54. The molecule has 0 fully saturated rings. The lowest BCUT2D eigenvalue weighted by Crippen LogP contribution is -2.13. The van der Waals surface area contributed by atoms with Crippen LogP contribution in [0.25, 0.3) is 0 Å². The third kappa shape index (κ3) is 1.98. The maximum Gasteiger partial charge on any atom is 0.250 e. The van der Waals surface area contributed by atoms with Gasteiger partial charge in [-0.1, -0.05) is 0 Å². The van der Waals surface area contributed by atoms with E-state index in [-0.39, 0.29) is 0 Å². The van der Waals surface area contributed by atoms with Gasteiger partial charge in [0, 0.05) is 8.04 Å². The van der Waals surface area contributed by atoms with Gasteiger partial charge in [0.15, 0.2) is 0 Å². The van der Waals surface area contributed by atoms with Gasteiger partial charge in [0.1, 0.15) is 0 Å². The topological polar surface area (TPSA) is 43.1 Å². The Morgan fingerprint density at radius 3 is 2.58 bits per heavy atom. The summed E-state index contributed by atoms with van der Waals surface area (Å²) in [5, 5.41) is 0. The zero-order chi connectivity index (χ0) is 9.30. The maximum absolute atomic E-state index is 10.9. The number of nitrogens with two attached hydrogens (primary N) is 1. The highest BCUT2D eigenvalue weighted by Gasteiger charge is 2.09. The first kappa shape index (κ1) is 9.98. The first-order chi connectivity index (χ1) is 5.52. The fourth-order valence-corrected chi connectivity index (χ4v) is 2.98. The molecule has 2 N–H and O–H groups in total. The molecule has 0 unspecified atom stereocenters. The standard InChI is InChI=1S/C8H7BrINO/c1-4-2-5(10)3-6(9)7(4)8(11)12/h2-3H,1H3,(H2,11,12). The monoisotopic (exact) mass is 339 g/mol. The molecule has 1 aromatic rings. The summed E-state index contributed by atoms with van der Waals surface area (Å²) in [6.45, 7) is 1.87. The van der Waals surface area contributed by atoms with Crippen molar-refractivity contribution in [1.29, 1.82) is 0 Å². The lowest BCUT2D eigenvalue weighted by atomic mass is 10.1. The Hall–Kier alpha value is -0.100. The summed E-state index contributed by atoms with van der Waals surface area (Å²) in [5.41, 5.74) is 6.66. The molecule has 0 radical (unpaired) electrons. The Morgan fingerprint density at radius 1 is 1.58 bits per heavy atom. The summed E-state index contributed by atoms with van der Waals surface area (Å²) in [7, 11) is 0. The molecule has 0 saturated heterocycles. The van der Waals surface area contributed by atoms with Crippen LogP contribution in [0.5, 0.6) is 0 Å². The summed E-state index contributed by atoms with van der Waals surface area (Å²) in [6.07, 6.45) is 0. The number of primary amides is 1. The van der Waals surface area contributed by atoms with E-state index in [1.165, 1.54) is 0 Å². The minimum Gasteiger partial charge on any atom is -0.366 e. The molecule has 0 aliphatic carbocycles. The van der Waals surface area contributed by atoms with Gasteiger partial charge in [-0.25, -0.2) is 0 Å². The van der Waals surface area contributed by atoms with Gasteiger partial charge in [0.05, 0.1) is 5.56 Å². The molecular weight excluding hydrogens is 333 g/mol. The van der Waals surface area contributed by atoms with Crippen LogP contribution in [0, 0.1) is 10.5 Å². The zero-order valence-corrected chi connectivity index (χ0v) is 10.1. The number of hydrogen-bond donors (Lipinski definition) is 1. The Labute approximate surface area is 92.8 Å². The lowest BCUT2D eigenvalue weighted by molar-refractivity contribution is 0.0999. The average Bonchev–Trinajstić information content (AvgIpc) is 1.82. The van der Waals surface area contributed by atoms with Crippen LogP contribution in [0.3, 0.4) is 0 Å². The van der Waals surface area contributed by atoms with Crippen molar-refractivity contribution >= 4 is 44.4 Å². The SMILES string of the molecule is Cc1cc(I)cc(Br)c1C(N)=O. The molecule has 0 aromatic heterocycles. The second-order valence-electron chi connectivity index (χ2n) is 2.44. The Bertz CT molecular complexity index is 315. The molecule has 0 spiro atoms. The summed E-state index contributed by atoms with van der Waals surface area (Å²) < 4.78 is 1.85. The molecule has 12 heavy (non-hydrogen) atoms. The van der Waals surface area contributed by atoms with E-state index in [0.29, 0.717) is 5.56 Å². The minimum atomic E-state index is -0.393. The van der Waals surface area contributed by atoms with Gasteiger partial charge in [-0.3, -0.25) is 4.79 Å². The molecule has 0 aliphatic rings. The van der Waals surface area contributed by atoms with E-state index in [1.54, 1.807) is 0 Å². The van der Waals surface area contributed by atoms with Gasteiger partial charge < -0.3 is 5.73 Å². The average molecular weight is 340 g/mol. The third-order valence-corrected chi connectivity index (χ3v) is 2.75. The smallest absolute Gasteiger partial charge is 0.250 e. The molecule has 4 heteroatoms. The van der Waals surface area contributed by atoms with Crippen LogP contribution >= 0.6 is 38.5 Å². The third-order valence-electron chi connectivity index (χ3n) is 1.50. The van der Waals surface area contributed by atoms with E-state index in [4.69, 9.17) is 5.73 Å². The number of carbonyl (C=O) groups excluding carboxylic acids is 1. The molecule has 1 aromatic carbocycles. The number of amides is 1. The summed E-state index contributed by atoms with van der Waals surface area (Å²) in [5.74, 6) is -0.393. The van der Waals surface area contributed by atoms with Crippen molar-refractivity contribution in [3.63, 3.8) is 0 Å². The molecule has 1 amide bonds. The predicted molar refractivity (Wildman–Crippen MR) is 60.1 cm³/mol. The molecule has 1 rings (SSSR count). The molecule has 64 valence electrons. The van der Waals surface area contributed by atoms with E-state index < -0.39 is 5.91 Å². The predicted octanol–water partition coefficient (Wildman–Crippen LogP) is 2.46. The Kier molecular flexibility index (Phi) is 3.11. The number of halogens is 2. The van der Waals surface area contributed by atoms with E-state index in [1.807, 2.05) is 19.1 Å². The van der Waals surface area contributed by atoms with E-state index in [9.17, 15) is 4.79 Å². The van der Waals surface area contributed by atoms with Crippen LogP contribution in [0.15, 0.2) is 16.6 Å². The number of carbonyl (C=O) groups is 1. The van der Waals surface area contributed by atoms with Gasteiger partial charge >= 0.3 is 0 Å². The zero-order valence-electron chi connectivity index (χ0n) is 6.40. The quantitative estimate of drug-likeness (QED) is 0.785. The van der Waals surface area contributed by atoms with Crippen LogP contribution in [0.4, 0.5) is 0 Å². The van der Waals surface area contributed by atoms with Crippen LogP contribution < -0.4 is 5.73 Å². The van der Waals surface area contributed by atoms with Crippen molar-refractivity contribution < 1.29 is 4.79 Å². The normalized spacial score (nSPS) is 9.92. The van der Waals surface area contributed by atoms with Crippen LogP contribution in [0.1, 0.15) is 15.9 Å². The van der Waals surface area contributed by atoms with Gasteiger partial charge in [-0.2, -0.15) is 0 Å². The van der Waals surface area contributed by atoms with Crippen molar-refractivity contribution in [1.82, 2.24) is 0 Å². The van der Waals surface area contributed by atoms with Crippen molar-refractivity contribution in [2.75, 3.05) is 0 Å². The van der Waals surface area contributed by atoms with Crippen LogP contribution in [0.2, 0.25) is 0 Å². The number of rotatable bonds is 1. The number of benzene rings is 1. The Balaban J connectivity index is 3.38. The molecule has 0 aliphatic heterocycles. The first-order valence-electron chi connectivity index (χ1n) is 3.28. The van der Waals surface area contributed by atoms with Gasteiger partial charge in [-0.15, -0.1) is 0 Å². The summed E-state index contributed by atoms with van der Waals surface area (Å²) in [6, 6.07) is 3.79. The number of aryl methyl sites for hydroxylation is 1. The van der Waals surface area contributed by atoms with E-state index in [0.717, 1.165) is 13.6 Å². The number of hydrogen-bond acceptors (Lipinski definition) is 1. The van der Waals surface area contributed by atoms with Gasteiger partial charge in [0.25, 0.3) is 0 Å². The highest BCUT2D eigenvalue weighted by Crippen LogP contribution is 2.22. The van der Waals surface area contributed by atoms with Crippen molar-refractivity contribution in [3.8, 4) is 0 Å². The minimum absolute atomic E-state index is 0.393. The first-order valence-corrected chi connectivity index (χ1v) is 5.15.